The van der Waals surface area contributed by atoms with Gasteiger partial charge in [-0.05, 0) is 25.8 Å². The topological polar surface area (TPSA) is 64.0 Å². The van der Waals surface area contributed by atoms with Crippen LogP contribution in [0.1, 0.15) is 31.4 Å². The van der Waals surface area contributed by atoms with Crippen molar-refractivity contribution >= 4 is 10.0 Å². The molecular formula is C10H17N3O2S. The summed E-state index contributed by atoms with van der Waals surface area (Å²) < 4.78 is 26.7. The van der Waals surface area contributed by atoms with Crippen molar-refractivity contribution in [2.45, 2.75) is 32.2 Å². The second kappa shape index (κ2) is 4.55. The van der Waals surface area contributed by atoms with E-state index in [4.69, 9.17) is 0 Å². The van der Waals surface area contributed by atoms with Crippen LogP contribution in [-0.4, -0.2) is 30.5 Å². The van der Waals surface area contributed by atoms with Gasteiger partial charge in [0.2, 0.25) is 10.0 Å². The van der Waals surface area contributed by atoms with Crippen molar-refractivity contribution < 1.29 is 8.42 Å². The zero-order valence-electron chi connectivity index (χ0n) is 9.39. The van der Waals surface area contributed by atoms with Gasteiger partial charge in [-0.3, -0.25) is 4.68 Å². The van der Waals surface area contributed by atoms with E-state index in [0.717, 1.165) is 5.69 Å². The van der Waals surface area contributed by atoms with Crippen molar-refractivity contribution in [3.05, 3.63) is 18.0 Å². The molecule has 0 spiro atoms. The van der Waals surface area contributed by atoms with Crippen LogP contribution in [0.3, 0.4) is 0 Å². The molecule has 0 atom stereocenters. The fourth-order valence-corrected chi connectivity index (χ4v) is 2.12. The van der Waals surface area contributed by atoms with Crippen LogP contribution in [0.5, 0.6) is 0 Å². The molecule has 0 bridgehead atoms. The highest BCUT2D eigenvalue weighted by atomic mass is 32.2. The summed E-state index contributed by atoms with van der Waals surface area (Å²) in [6.07, 6.45) is 4.38. The Balaban J connectivity index is 1.80. The fraction of sp³-hybridized carbons (Fsp3) is 0.700. The summed E-state index contributed by atoms with van der Waals surface area (Å²) >= 11 is 0. The first-order chi connectivity index (χ1) is 7.61. The highest BCUT2D eigenvalue weighted by Crippen LogP contribution is 2.38. The van der Waals surface area contributed by atoms with Gasteiger partial charge in [-0.25, -0.2) is 13.1 Å². The summed E-state index contributed by atoms with van der Waals surface area (Å²) in [7, 11) is -3.08. The maximum absolute atomic E-state index is 11.2. The van der Waals surface area contributed by atoms with Crippen LogP contribution in [-0.2, 0) is 16.6 Å². The summed E-state index contributed by atoms with van der Waals surface area (Å²) in [5.74, 6) is 0.771. The maximum atomic E-state index is 11.2. The second-order valence-electron chi connectivity index (χ2n) is 4.08. The van der Waals surface area contributed by atoms with Crippen molar-refractivity contribution in [2.75, 3.05) is 12.3 Å². The van der Waals surface area contributed by atoms with Crippen molar-refractivity contribution in [1.29, 1.82) is 0 Å². The molecule has 1 saturated carbocycles. The molecule has 90 valence electrons. The smallest absolute Gasteiger partial charge is 0.211 e. The van der Waals surface area contributed by atoms with Gasteiger partial charge >= 0.3 is 0 Å². The van der Waals surface area contributed by atoms with Crippen molar-refractivity contribution in [2.24, 2.45) is 0 Å². The van der Waals surface area contributed by atoms with E-state index in [9.17, 15) is 8.42 Å². The summed E-state index contributed by atoms with van der Waals surface area (Å²) in [5, 5.41) is 4.40. The first-order valence-corrected chi connectivity index (χ1v) is 7.26. The van der Waals surface area contributed by atoms with Crippen LogP contribution in [0.15, 0.2) is 12.3 Å². The Labute approximate surface area is 95.9 Å². The molecule has 5 nitrogen and oxygen atoms in total. The van der Waals surface area contributed by atoms with Gasteiger partial charge in [0.1, 0.15) is 0 Å². The third-order valence-corrected chi connectivity index (χ3v) is 4.10. The predicted octanol–water partition coefficient (Wildman–Crippen LogP) is 0.700. The van der Waals surface area contributed by atoms with Crippen LogP contribution < -0.4 is 4.72 Å². The van der Waals surface area contributed by atoms with Crippen LogP contribution in [0, 0.1) is 0 Å². The molecule has 0 aliphatic heterocycles. The van der Waals surface area contributed by atoms with Crippen LogP contribution in [0.2, 0.25) is 0 Å². The van der Waals surface area contributed by atoms with Crippen LogP contribution >= 0.6 is 0 Å². The first kappa shape index (κ1) is 11.6. The summed E-state index contributed by atoms with van der Waals surface area (Å²) in [4.78, 5) is 0. The standard InChI is InChI=1S/C10H17N3O2S/c1-2-16(14,15)11-6-8-13-7-5-10(12-13)9-3-4-9/h5,7,9,11H,2-4,6,8H2,1H3. The molecule has 1 aromatic heterocycles. The van der Waals surface area contributed by atoms with Crippen molar-refractivity contribution in [1.82, 2.24) is 14.5 Å². The number of hydrogen-bond donors (Lipinski definition) is 1. The predicted molar refractivity (Wildman–Crippen MR) is 61.7 cm³/mol. The molecule has 2 rings (SSSR count). The Bertz CT molecular complexity index is 448. The summed E-state index contributed by atoms with van der Waals surface area (Å²) in [6, 6.07) is 2.02. The highest BCUT2D eigenvalue weighted by Gasteiger charge is 2.25. The van der Waals surface area contributed by atoms with Crippen LogP contribution in [0.4, 0.5) is 0 Å². The van der Waals surface area contributed by atoms with Crippen molar-refractivity contribution in [3.8, 4) is 0 Å². The number of nitrogens with one attached hydrogen (secondary N) is 1. The lowest BCUT2D eigenvalue weighted by Gasteiger charge is -2.04. The lowest BCUT2D eigenvalue weighted by molar-refractivity contribution is 0.559. The molecule has 6 heteroatoms. The molecule has 0 radical (unpaired) electrons. The van der Waals surface area contributed by atoms with Gasteiger partial charge in [0, 0.05) is 18.7 Å². The van der Waals surface area contributed by atoms with Gasteiger partial charge in [0.25, 0.3) is 0 Å². The fourth-order valence-electron chi connectivity index (χ4n) is 1.52. The second-order valence-corrected chi connectivity index (χ2v) is 6.17. The van der Waals surface area contributed by atoms with Gasteiger partial charge in [0.15, 0.2) is 0 Å². The van der Waals surface area contributed by atoms with Gasteiger partial charge in [0.05, 0.1) is 18.0 Å². The summed E-state index contributed by atoms with van der Waals surface area (Å²) in [5.41, 5.74) is 1.14. The Hall–Kier alpha value is -0.880. The molecule has 0 aromatic carbocycles. The Kier molecular flexibility index (Phi) is 3.30. The van der Waals surface area contributed by atoms with Gasteiger partial charge in [-0.1, -0.05) is 0 Å². The quantitative estimate of drug-likeness (QED) is 0.800. The van der Waals surface area contributed by atoms with Crippen molar-refractivity contribution in [3.63, 3.8) is 0 Å². The number of aromatic nitrogens is 2. The minimum absolute atomic E-state index is 0.124. The molecule has 16 heavy (non-hydrogen) atoms. The molecule has 1 N–H and O–H groups in total. The Morgan fingerprint density at radius 2 is 2.31 bits per heavy atom. The molecular weight excluding hydrogens is 226 g/mol. The molecule has 1 fully saturated rings. The van der Waals surface area contributed by atoms with E-state index in [1.807, 2.05) is 12.3 Å². The highest BCUT2D eigenvalue weighted by molar-refractivity contribution is 7.89. The molecule has 1 heterocycles. The number of rotatable bonds is 6. The van der Waals surface area contributed by atoms with Gasteiger partial charge in [-0.15, -0.1) is 0 Å². The van der Waals surface area contributed by atoms with Gasteiger partial charge in [-0.2, -0.15) is 5.10 Å². The van der Waals surface area contributed by atoms with E-state index in [1.54, 1.807) is 11.6 Å². The van der Waals surface area contributed by atoms with E-state index >= 15 is 0 Å². The molecule has 1 aliphatic rings. The number of nitrogens with zero attached hydrogens (tertiary/aromatic N) is 2. The SMILES string of the molecule is CCS(=O)(=O)NCCn1ccc(C2CC2)n1. The normalized spacial score (nSPS) is 16.6. The lowest BCUT2D eigenvalue weighted by atomic mass is 10.3. The lowest BCUT2D eigenvalue weighted by Crippen LogP contribution is -2.28. The average Bonchev–Trinajstić information content (AvgIpc) is 3.00. The number of sulfonamides is 1. The first-order valence-electron chi connectivity index (χ1n) is 5.61. The third-order valence-electron chi connectivity index (χ3n) is 2.70. The van der Waals surface area contributed by atoms with E-state index in [-0.39, 0.29) is 5.75 Å². The molecule has 0 saturated heterocycles. The number of hydrogen-bond acceptors (Lipinski definition) is 3. The van der Waals surface area contributed by atoms with Crippen LogP contribution in [0.25, 0.3) is 0 Å². The molecule has 1 aliphatic carbocycles. The average molecular weight is 243 g/mol. The Morgan fingerprint density at radius 1 is 1.56 bits per heavy atom. The maximum Gasteiger partial charge on any atom is 0.211 e. The molecule has 0 unspecified atom stereocenters. The third kappa shape index (κ3) is 3.05. The molecule has 1 aromatic rings. The van der Waals surface area contributed by atoms with E-state index in [2.05, 4.69) is 9.82 Å². The monoisotopic (exact) mass is 243 g/mol. The largest absolute Gasteiger partial charge is 0.271 e. The molecule has 0 amide bonds. The Morgan fingerprint density at radius 3 is 2.94 bits per heavy atom. The zero-order valence-corrected chi connectivity index (χ0v) is 10.2. The minimum atomic E-state index is -3.08. The minimum Gasteiger partial charge on any atom is -0.271 e. The zero-order chi connectivity index (χ0) is 11.6. The summed E-state index contributed by atoms with van der Waals surface area (Å²) in [6.45, 7) is 2.62. The van der Waals surface area contributed by atoms with E-state index in [0.29, 0.717) is 19.0 Å². The van der Waals surface area contributed by atoms with E-state index < -0.39 is 10.0 Å². The van der Waals surface area contributed by atoms with E-state index in [1.165, 1.54) is 12.8 Å². The van der Waals surface area contributed by atoms with Gasteiger partial charge < -0.3 is 0 Å².